The second-order valence-electron chi connectivity index (χ2n) is 11.3. The number of aliphatic hydroxyl groups is 1. The monoisotopic (exact) mass is 574 g/mol. The largest absolute Gasteiger partial charge is 0.507 e. The molecule has 3 aliphatic carbocycles. The second kappa shape index (κ2) is 10.4. The lowest BCUT2D eigenvalue weighted by Crippen LogP contribution is -2.74. The molecule has 11 heteroatoms. The van der Waals surface area contributed by atoms with Crippen LogP contribution in [0.1, 0.15) is 27.9 Å². The van der Waals surface area contributed by atoms with E-state index in [2.05, 4.69) is 4.74 Å². The number of hydrogen-bond acceptors (Lipinski definition) is 10. The van der Waals surface area contributed by atoms with Crippen LogP contribution in [0.25, 0.3) is 17.2 Å². The number of aromatic hydroxyl groups is 1. The van der Waals surface area contributed by atoms with Crippen LogP contribution in [0.3, 0.4) is 0 Å². The lowest BCUT2D eigenvalue weighted by atomic mass is 9.52. The fourth-order valence-corrected chi connectivity index (χ4v) is 6.92. The van der Waals surface area contributed by atoms with E-state index in [1.54, 1.807) is 36.4 Å². The fraction of sp³-hybridized carbons (Fsp3) is 0.355. The molecule has 0 radical (unpaired) electrons. The zero-order chi connectivity index (χ0) is 30.7. The average molecular weight is 575 g/mol. The molecular weight excluding hydrogens is 544 g/mol. The van der Waals surface area contributed by atoms with E-state index >= 15 is 0 Å². The Hall–Kier alpha value is -4.48. The molecule has 5 rings (SSSR count). The number of phenols is 1. The highest BCUT2D eigenvalue weighted by atomic mass is 16.5. The highest BCUT2D eigenvalue weighted by Crippen LogP contribution is 2.51. The van der Waals surface area contributed by atoms with Gasteiger partial charge in [-0.3, -0.25) is 28.9 Å². The number of nitrogens with two attached hydrogens (primary N) is 1. The molecule has 0 aliphatic heterocycles. The molecule has 42 heavy (non-hydrogen) atoms. The smallest absolute Gasteiger partial charge is 0.330 e. The second-order valence-corrected chi connectivity index (χ2v) is 11.3. The maximum absolute atomic E-state index is 14.0. The number of methoxy groups -OCH3 is 1. The Morgan fingerprint density at radius 3 is 2.45 bits per heavy atom. The summed E-state index contributed by atoms with van der Waals surface area (Å²) in [4.78, 5) is 79.6. The van der Waals surface area contributed by atoms with E-state index in [1.807, 2.05) is 0 Å². The van der Waals surface area contributed by atoms with Gasteiger partial charge in [0.1, 0.15) is 5.75 Å². The molecule has 1 amide bonds. The predicted octanol–water partition coefficient (Wildman–Crippen LogP) is 0.720. The summed E-state index contributed by atoms with van der Waals surface area (Å²) in [5.41, 5.74) is 4.95. The number of phenolic OH excluding ortho intramolecular Hbond substituents is 1. The van der Waals surface area contributed by atoms with E-state index in [-0.39, 0.29) is 24.2 Å². The van der Waals surface area contributed by atoms with Gasteiger partial charge in [-0.25, -0.2) is 4.79 Å². The number of nitrogens with zero attached hydrogens (tertiary/aromatic N) is 1. The van der Waals surface area contributed by atoms with Gasteiger partial charge in [0.2, 0.25) is 5.91 Å². The molecule has 3 aliphatic rings. The van der Waals surface area contributed by atoms with Crippen molar-refractivity contribution in [2.24, 2.45) is 29.4 Å². The average Bonchev–Trinajstić information content (AvgIpc) is 2.93. The zero-order valence-electron chi connectivity index (χ0n) is 23.2. The minimum atomic E-state index is -2.77. The van der Waals surface area contributed by atoms with Crippen molar-refractivity contribution in [3.63, 3.8) is 0 Å². The molecule has 0 heterocycles. The molecule has 6 atom stereocenters. The summed E-state index contributed by atoms with van der Waals surface area (Å²) in [6.45, 7) is 0. The van der Waals surface area contributed by atoms with Crippen LogP contribution in [-0.2, 0) is 35.1 Å². The van der Waals surface area contributed by atoms with Crippen molar-refractivity contribution in [2.45, 2.75) is 24.5 Å². The molecule has 2 fully saturated rings. The van der Waals surface area contributed by atoms with Crippen molar-refractivity contribution in [3.8, 4) is 16.9 Å². The van der Waals surface area contributed by atoms with E-state index in [4.69, 9.17) is 5.73 Å². The lowest BCUT2D eigenvalue weighted by molar-refractivity contribution is -0.181. The standard InChI is InChI=1S/C31H30N2O9/c1-33(2)25-19-13-16-12-18-17(15-6-4-5-14(11-15)7-10-21(35)42-3)8-9-20(34)23(18)26(36)22(16)28(38)31(19,41)29(39)24(27(25)37)30(32)40/h4-11,16,19,22,24-25,34,41H,12-13H2,1-3H3,(H2,32,40)/b10-7+. The number of amides is 1. The minimum Gasteiger partial charge on any atom is -0.507 e. The number of carbonyl (C=O) groups excluding carboxylic acids is 6. The fourth-order valence-electron chi connectivity index (χ4n) is 6.92. The molecule has 0 aromatic heterocycles. The van der Waals surface area contributed by atoms with Crippen molar-refractivity contribution in [3.05, 3.63) is 59.2 Å². The van der Waals surface area contributed by atoms with Gasteiger partial charge in [-0.15, -0.1) is 0 Å². The van der Waals surface area contributed by atoms with Gasteiger partial charge in [0.05, 0.1) is 24.6 Å². The first-order valence-corrected chi connectivity index (χ1v) is 13.4. The van der Waals surface area contributed by atoms with Gasteiger partial charge in [0, 0.05) is 12.0 Å². The van der Waals surface area contributed by atoms with E-state index < -0.39 is 70.3 Å². The summed E-state index contributed by atoms with van der Waals surface area (Å²) in [5, 5.41) is 22.5. The van der Waals surface area contributed by atoms with E-state index in [0.29, 0.717) is 22.3 Å². The van der Waals surface area contributed by atoms with Gasteiger partial charge < -0.3 is 20.7 Å². The topological polar surface area (TPSA) is 181 Å². The molecule has 4 N–H and O–H groups in total. The molecule has 6 unspecified atom stereocenters. The van der Waals surface area contributed by atoms with E-state index in [9.17, 15) is 39.0 Å². The minimum absolute atomic E-state index is 0.0408. The predicted molar refractivity (Wildman–Crippen MR) is 148 cm³/mol. The Bertz CT molecular complexity index is 1590. The summed E-state index contributed by atoms with van der Waals surface area (Å²) < 4.78 is 4.64. The molecule has 11 nitrogen and oxygen atoms in total. The molecule has 0 spiro atoms. The molecule has 0 bridgehead atoms. The first-order valence-electron chi connectivity index (χ1n) is 13.4. The van der Waals surface area contributed by atoms with Crippen molar-refractivity contribution in [1.82, 2.24) is 4.90 Å². The summed E-state index contributed by atoms with van der Waals surface area (Å²) in [7, 11) is 4.34. The van der Waals surface area contributed by atoms with Crippen LogP contribution < -0.4 is 5.73 Å². The Kier molecular flexibility index (Phi) is 7.20. The van der Waals surface area contributed by atoms with Gasteiger partial charge in [-0.05, 0) is 73.3 Å². The van der Waals surface area contributed by atoms with Crippen molar-refractivity contribution < 1.29 is 43.7 Å². The van der Waals surface area contributed by atoms with Crippen LogP contribution in [-0.4, -0.2) is 83.0 Å². The number of primary amides is 1. The number of ether oxygens (including phenoxy) is 1. The van der Waals surface area contributed by atoms with Crippen molar-refractivity contribution in [2.75, 3.05) is 21.2 Å². The van der Waals surface area contributed by atoms with Gasteiger partial charge in [0.15, 0.2) is 34.7 Å². The van der Waals surface area contributed by atoms with Gasteiger partial charge in [-0.1, -0.05) is 24.3 Å². The van der Waals surface area contributed by atoms with Crippen LogP contribution in [0, 0.1) is 23.7 Å². The number of rotatable bonds is 5. The quantitative estimate of drug-likeness (QED) is 0.261. The lowest BCUT2D eigenvalue weighted by Gasteiger charge is -2.52. The number of Topliss-reactive ketones (excluding diaryl/α,β-unsaturated/α-hetero) is 4. The Balaban J connectivity index is 1.61. The number of ketones is 4. The summed E-state index contributed by atoms with van der Waals surface area (Å²) in [6, 6.07) is 8.94. The number of hydrogen-bond donors (Lipinski definition) is 3. The molecule has 2 aromatic carbocycles. The van der Waals surface area contributed by atoms with Crippen LogP contribution in [0.5, 0.6) is 5.75 Å². The molecule has 0 saturated heterocycles. The van der Waals surface area contributed by atoms with Crippen molar-refractivity contribution in [1.29, 1.82) is 0 Å². The zero-order valence-corrected chi connectivity index (χ0v) is 23.2. The van der Waals surface area contributed by atoms with E-state index in [0.717, 1.165) is 0 Å². The SMILES string of the molecule is COC(=O)/C=C/c1cccc(-c2ccc(O)c3c2CC2CC4C(N(C)C)C(=O)C(C(N)=O)C(=O)C4(O)C(=O)C2C3=O)c1. The Morgan fingerprint density at radius 2 is 1.81 bits per heavy atom. The number of fused-ring (bicyclic) bond motifs is 3. The number of benzene rings is 2. The highest BCUT2D eigenvalue weighted by molar-refractivity contribution is 6.32. The number of likely N-dealkylation sites (N-methyl/N-ethyl adjacent to an activating group) is 1. The number of esters is 1. The molecule has 2 saturated carbocycles. The summed E-state index contributed by atoms with van der Waals surface area (Å²) in [5.74, 6) is -11.5. The number of carbonyl (C=O) groups is 6. The first kappa shape index (κ1) is 29.0. The van der Waals surface area contributed by atoms with Crippen molar-refractivity contribution >= 4 is 41.1 Å². The van der Waals surface area contributed by atoms with Gasteiger partial charge >= 0.3 is 5.97 Å². The molecule has 218 valence electrons. The normalized spacial score (nSPS) is 28.8. The van der Waals surface area contributed by atoms with Crippen LogP contribution in [0.15, 0.2) is 42.5 Å². The summed E-state index contributed by atoms with van der Waals surface area (Å²) >= 11 is 0. The molecule has 2 aromatic rings. The third kappa shape index (κ3) is 4.27. The Morgan fingerprint density at radius 1 is 1.10 bits per heavy atom. The van der Waals surface area contributed by atoms with Crippen LogP contribution in [0.4, 0.5) is 0 Å². The van der Waals surface area contributed by atoms with Crippen LogP contribution >= 0.6 is 0 Å². The third-order valence-corrected chi connectivity index (χ3v) is 8.76. The maximum Gasteiger partial charge on any atom is 0.330 e. The highest BCUT2D eigenvalue weighted by Gasteiger charge is 2.69. The first-order chi connectivity index (χ1) is 19.8. The third-order valence-electron chi connectivity index (χ3n) is 8.76. The molecular formula is C31H30N2O9. The van der Waals surface area contributed by atoms with Gasteiger partial charge in [0.25, 0.3) is 0 Å². The van der Waals surface area contributed by atoms with E-state index in [1.165, 1.54) is 38.2 Å². The van der Waals surface area contributed by atoms with Crippen LogP contribution in [0.2, 0.25) is 0 Å². The van der Waals surface area contributed by atoms with Gasteiger partial charge in [-0.2, -0.15) is 0 Å². The summed E-state index contributed by atoms with van der Waals surface area (Å²) in [6.07, 6.45) is 2.94. The maximum atomic E-state index is 14.0. The Labute approximate surface area is 240 Å².